The SMILES string of the molecule is C[C@]12CCC3c4cccc(F)c4CCC3C1[C@H](CCC(=O)N1CCOCC1)CC2=O. The molecule has 1 aliphatic heterocycles. The molecule has 30 heavy (non-hydrogen) atoms. The van der Waals surface area contributed by atoms with Gasteiger partial charge in [-0.3, -0.25) is 9.59 Å². The fourth-order valence-electron chi connectivity index (χ4n) is 7.18. The topological polar surface area (TPSA) is 46.6 Å². The van der Waals surface area contributed by atoms with Crippen LogP contribution in [0.15, 0.2) is 18.2 Å². The second-order valence-electron chi connectivity index (χ2n) is 10.0. The molecule has 5 atom stereocenters. The van der Waals surface area contributed by atoms with E-state index in [0.29, 0.717) is 62.7 Å². The first kappa shape index (κ1) is 20.2. The number of hydrogen-bond donors (Lipinski definition) is 0. The minimum Gasteiger partial charge on any atom is -0.378 e. The Morgan fingerprint density at radius 2 is 2.07 bits per heavy atom. The number of carbonyl (C=O) groups excluding carboxylic acids is 2. The summed E-state index contributed by atoms with van der Waals surface area (Å²) in [4.78, 5) is 27.7. The Hall–Kier alpha value is -1.75. The molecule has 0 spiro atoms. The summed E-state index contributed by atoms with van der Waals surface area (Å²) in [5.74, 6) is 1.88. The highest BCUT2D eigenvalue weighted by Gasteiger charge is 2.58. The molecule has 3 aliphatic carbocycles. The zero-order chi connectivity index (χ0) is 20.9. The monoisotopic (exact) mass is 413 g/mol. The summed E-state index contributed by atoms with van der Waals surface area (Å²) in [6.45, 7) is 4.76. The standard InChI is InChI=1S/C25H32FNO3/c1-25-10-9-18-17-3-2-4-21(26)19(17)6-7-20(18)24(25)16(15-22(25)28)5-8-23(29)27-11-13-30-14-12-27/h2-4,16,18,20,24H,5-15H2,1H3/t16-,18?,20?,24?,25-/m1/s1. The average Bonchev–Trinajstić information content (AvgIpc) is 3.03. The Balaban J connectivity index is 1.36. The fourth-order valence-corrected chi connectivity index (χ4v) is 7.18. The van der Waals surface area contributed by atoms with Crippen LogP contribution < -0.4 is 0 Å². The molecule has 3 fully saturated rings. The number of amides is 1. The van der Waals surface area contributed by atoms with Gasteiger partial charge in [-0.2, -0.15) is 0 Å². The predicted molar refractivity (Wildman–Crippen MR) is 112 cm³/mol. The van der Waals surface area contributed by atoms with Crippen LogP contribution in [0.25, 0.3) is 0 Å². The maximum atomic E-state index is 14.4. The van der Waals surface area contributed by atoms with Gasteiger partial charge in [0.05, 0.1) is 13.2 Å². The normalized spacial score (nSPS) is 35.5. The molecule has 4 nitrogen and oxygen atoms in total. The number of rotatable bonds is 3. The number of benzene rings is 1. The highest BCUT2D eigenvalue weighted by Crippen LogP contribution is 2.62. The lowest BCUT2D eigenvalue weighted by Gasteiger charge is -2.50. The number of Topliss-reactive ketones (excluding diaryl/α,β-unsaturated/α-hetero) is 1. The third-order valence-electron chi connectivity index (χ3n) is 8.66. The quantitative estimate of drug-likeness (QED) is 0.749. The van der Waals surface area contributed by atoms with Gasteiger partial charge in [-0.25, -0.2) is 4.39 Å². The van der Waals surface area contributed by atoms with Crippen LogP contribution >= 0.6 is 0 Å². The van der Waals surface area contributed by atoms with Gasteiger partial charge >= 0.3 is 0 Å². The first-order valence-corrected chi connectivity index (χ1v) is 11.6. The Kier molecular flexibility index (Phi) is 5.20. The van der Waals surface area contributed by atoms with Crippen LogP contribution in [-0.4, -0.2) is 42.9 Å². The Labute approximate surface area is 178 Å². The van der Waals surface area contributed by atoms with Gasteiger partial charge in [-0.05, 0) is 73.0 Å². The molecule has 0 N–H and O–H groups in total. The number of ether oxygens (including phenoxy) is 1. The Bertz CT molecular complexity index is 849. The van der Waals surface area contributed by atoms with Gasteiger partial charge < -0.3 is 9.64 Å². The van der Waals surface area contributed by atoms with Gasteiger partial charge in [-0.15, -0.1) is 0 Å². The number of carbonyl (C=O) groups is 2. The van der Waals surface area contributed by atoms with Crippen LogP contribution in [-0.2, 0) is 20.7 Å². The van der Waals surface area contributed by atoms with Crippen LogP contribution in [0, 0.1) is 29.0 Å². The molecular weight excluding hydrogens is 381 g/mol. The zero-order valence-corrected chi connectivity index (χ0v) is 17.9. The van der Waals surface area contributed by atoms with E-state index in [-0.39, 0.29) is 23.1 Å². The maximum Gasteiger partial charge on any atom is 0.222 e. The molecule has 3 unspecified atom stereocenters. The van der Waals surface area contributed by atoms with Gasteiger partial charge in [0, 0.05) is 31.3 Å². The largest absolute Gasteiger partial charge is 0.378 e. The first-order chi connectivity index (χ1) is 14.5. The lowest BCUT2D eigenvalue weighted by molar-refractivity contribution is -0.135. The molecule has 1 heterocycles. The maximum absolute atomic E-state index is 14.4. The number of nitrogens with zero attached hydrogens (tertiary/aromatic N) is 1. The minimum atomic E-state index is -0.265. The molecule has 0 aromatic heterocycles. The van der Waals surface area contributed by atoms with Crippen LogP contribution in [0.4, 0.5) is 4.39 Å². The smallest absolute Gasteiger partial charge is 0.222 e. The van der Waals surface area contributed by atoms with Crippen LogP contribution in [0.2, 0.25) is 0 Å². The second kappa shape index (κ2) is 7.74. The molecule has 2 saturated carbocycles. The molecular formula is C25H32FNO3. The van der Waals surface area contributed by atoms with Crippen molar-refractivity contribution in [2.75, 3.05) is 26.3 Å². The van der Waals surface area contributed by atoms with Crippen molar-refractivity contribution in [2.24, 2.45) is 23.2 Å². The van der Waals surface area contributed by atoms with Gasteiger partial charge in [0.25, 0.3) is 0 Å². The van der Waals surface area contributed by atoms with Crippen molar-refractivity contribution in [3.63, 3.8) is 0 Å². The van der Waals surface area contributed by atoms with Crippen molar-refractivity contribution in [1.82, 2.24) is 4.90 Å². The van der Waals surface area contributed by atoms with E-state index < -0.39 is 0 Å². The highest BCUT2D eigenvalue weighted by atomic mass is 19.1. The van der Waals surface area contributed by atoms with Gasteiger partial charge in [-0.1, -0.05) is 19.1 Å². The third kappa shape index (κ3) is 3.21. The molecule has 5 heteroatoms. The number of ketones is 1. The number of hydrogen-bond acceptors (Lipinski definition) is 3. The number of morpholine rings is 1. The van der Waals surface area contributed by atoms with Gasteiger partial charge in [0.1, 0.15) is 11.6 Å². The summed E-state index contributed by atoms with van der Waals surface area (Å²) in [6.07, 6.45) is 5.51. The van der Waals surface area contributed by atoms with Crippen molar-refractivity contribution in [2.45, 2.75) is 57.8 Å². The molecule has 4 aliphatic rings. The molecule has 0 bridgehead atoms. The van der Waals surface area contributed by atoms with Crippen molar-refractivity contribution >= 4 is 11.7 Å². The van der Waals surface area contributed by atoms with E-state index in [2.05, 4.69) is 13.0 Å². The van der Waals surface area contributed by atoms with Crippen molar-refractivity contribution < 1.29 is 18.7 Å². The summed E-state index contributed by atoms with van der Waals surface area (Å²) in [5, 5.41) is 0. The predicted octanol–water partition coefficient (Wildman–Crippen LogP) is 4.12. The molecule has 1 aromatic carbocycles. The Morgan fingerprint density at radius 3 is 2.87 bits per heavy atom. The van der Waals surface area contributed by atoms with Crippen molar-refractivity contribution in [3.05, 3.63) is 35.1 Å². The first-order valence-electron chi connectivity index (χ1n) is 11.6. The van der Waals surface area contributed by atoms with Crippen molar-refractivity contribution in [1.29, 1.82) is 0 Å². The summed E-state index contributed by atoms with van der Waals surface area (Å²) in [7, 11) is 0. The zero-order valence-electron chi connectivity index (χ0n) is 17.9. The van der Waals surface area contributed by atoms with Crippen LogP contribution in [0.5, 0.6) is 0 Å². The number of halogens is 1. The van der Waals surface area contributed by atoms with E-state index in [0.717, 1.165) is 37.7 Å². The fraction of sp³-hybridized carbons (Fsp3) is 0.680. The van der Waals surface area contributed by atoms with E-state index in [1.54, 1.807) is 6.07 Å². The molecule has 1 saturated heterocycles. The van der Waals surface area contributed by atoms with Crippen LogP contribution in [0.3, 0.4) is 0 Å². The van der Waals surface area contributed by atoms with E-state index in [4.69, 9.17) is 4.74 Å². The van der Waals surface area contributed by atoms with Crippen molar-refractivity contribution in [3.8, 4) is 0 Å². The average molecular weight is 414 g/mol. The second-order valence-corrected chi connectivity index (χ2v) is 10.0. The summed E-state index contributed by atoms with van der Waals surface area (Å²) < 4.78 is 19.8. The minimum absolute atomic E-state index is 0.0746. The van der Waals surface area contributed by atoms with E-state index >= 15 is 0 Å². The Morgan fingerprint density at radius 1 is 1.27 bits per heavy atom. The van der Waals surface area contributed by atoms with Gasteiger partial charge in [0.15, 0.2) is 0 Å². The van der Waals surface area contributed by atoms with Crippen LogP contribution in [0.1, 0.15) is 62.5 Å². The third-order valence-corrected chi connectivity index (χ3v) is 8.66. The molecule has 1 amide bonds. The summed E-state index contributed by atoms with van der Waals surface area (Å²) in [5.41, 5.74) is 1.81. The van der Waals surface area contributed by atoms with E-state index in [1.807, 2.05) is 11.0 Å². The van der Waals surface area contributed by atoms with E-state index in [1.165, 1.54) is 5.56 Å². The molecule has 5 rings (SSSR count). The van der Waals surface area contributed by atoms with Gasteiger partial charge in [0.2, 0.25) is 5.91 Å². The highest BCUT2D eigenvalue weighted by molar-refractivity contribution is 5.88. The number of fused-ring (bicyclic) bond motifs is 5. The molecule has 162 valence electrons. The lowest BCUT2D eigenvalue weighted by Crippen LogP contribution is -2.44. The lowest BCUT2D eigenvalue weighted by atomic mass is 9.54. The summed E-state index contributed by atoms with van der Waals surface area (Å²) >= 11 is 0. The molecule has 0 radical (unpaired) electrons. The summed E-state index contributed by atoms with van der Waals surface area (Å²) in [6, 6.07) is 5.51. The van der Waals surface area contributed by atoms with E-state index in [9.17, 15) is 14.0 Å². The molecule has 1 aromatic rings.